The van der Waals surface area contributed by atoms with E-state index in [2.05, 4.69) is 21.2 Å². The maximum atomic E-state index is 11.5. The van der Waals surface area contributed by atoms with E-state index >= 15 is 0 Å². The lowest BCUT2D eigenvalue weighted by molar-refractivity contribution is -0.124. The minimum absolute atomic E-state index is 0.0792. The third-order valence-corrected chi connectivity index (χ3v) is 3.26. The smallest absolute Gasteiger partial charge is 0.374 e. The van der Waals surface area contributed by atoms with E-state index in [1.807, 2.05) is 0 Å². The zero-order valence-electron chi connectivity index (χ0n) is 9.78. The van der Waals surface area contributed by atoms with E-state index in [0.717, 1.165) is 25.7 Å². The predicted octanol–water partition coefficient (Wildman–Crippen LogP) is 2.26. The molecule has 1 amide bonds. The zero-order valence-corrected chi connectivity index (χ0v) is 11.4. The van der Waals surface area contributed by atoms with Gasteiger partial charge in [0.15, 0.2) is 11.3 Å². The van der Waals surface area contributed by atoms with Gasteiger partial charge in [0.25, 0.3) is 5.91 Å². The lowest BCUT2D eigenvalue weighted by atomic mass is 10.2. The number of hydrogen-bond donors (Lipinski definition) is 1. The molecular weight excluding hydrogens is 302 g/mol. The maximum absolute atomic E-state index is 11.5. The third-order valence-electron chi connectivity index (χ3n) is 2.83. The first-order valence-electron chi connectivity index (χ1n) is 5.87. The Labute approximate surface area is 113 Å². The van der Waals surface area contributed by atoms with E-state index in [4.69, 9.17) is 9.15 Å². The van der Waals surface area contributed by atoms with Gasteiger partial charge in [-0.05, 0) is 40.9 Å². The normalized spacial score (nSPS) is 15.6. The Bertz CT molecular complexity index is 437. The molecule has 1 saturated carbocycles. The molecule has 6 heteroatoms. The van der Waals surface area contributed by atoms with Gasteiger partial charge in [0, 0.05) is 6.04 Å². The largest absolute Gasteiger partial charge is 0.450 e. The molecule has 0 bridgehead atoms. The van der Waals surface area contributed by atoms with Crippen LogP contribution in [0.15, 0.2) is 21.2 Å². The molecule has 98 valence electrons. The van der Waals surface area contributed by atoms with Crippen molar-refractivity contribution in [1.29, 1.82) is 0 Å². The quantitative estimate of drug-likeness (QED) is 0.865. The van der Waals surface area contributed by atoms with Gasteiger partial charge in [-0.3, -0.25) is 4.79 Å². The van der Waals surface area contributed by atoms with Crippen LogP contribution in [0.1, 0.15) is 36.2 Å². The summed E-state index contributed by atoms with van der Waals surface area (Å²) in [5.41, 5.74) is 0. The van der Waals surface area contributed by atoms with Crippen LogP contribution in [0.25, 0.3) is 0 Å². The fourth-order valence-electron chi connectivity index (χ4n) is 1.97. The number of ether oxygens (including phenoxy) is 1. The first-order valence-corrected chi connectivity index (χ1v) is 6.66. The highest BCUT2D eigenvalue weighted by Crippen LogP contribution is 2.17. The van der Waals surface area contributed by atoms with Crippen molar-refractivity contribution in [3.05, 3.63) is 22.6 Å². The first kappa shape index (κ1) is 13.1. The van der Waals surface area contributed by atoms with Gasteiger partial charge >= 0.3 is 5.97 Å². The van der Waals surface area contributed by atoms with E-state index in [9.17, 15) is 9.59 Å². The summed E-state index contributed by atoms with van der Waals surface area (Å²) in [4.78, 5) is 23.0. The molecule has 1 aromatic heterocycles. The second kappa shape index (κ2) is 6.04. The fraction of sp³-hybridized carbons (Fsp3) is 0.500. The summed E-state index contributed by atoms with van der Waals surface area (Å²) >= 11 is 3.09. The van der Waals surface area contributed by atoms with Crippen molar-refractivity contribution in [3.63, 3.8) is 0 Å². The van der Waals surface area contributed by atoms with E-state index in [1.54, 1.807) is 6.07 Å². The van der Waals surface area contributed by atoms with E-state index in [-0.39, 0.29) is 24.3 Å². The number of halogens is 1. The topological polar surface area (TPSA) is 68.5 Å². The van der Waals surface area contributed by atoms with Crippen LogP contribution in [0, 0.1) is 0 Å². The van der Waals surface area contributed by atoms with Crippen molar-refractivity contribution in [2.45, 2.75) is 31.7 Å². The molecule has 1 heterocycles. The lowest BCUT2D eigenvalue weighted by Gasteiger charge is -2.11. The molecule has 0 saturated heterocycles. The molecule has 0 aromatic carbocycles. The summed E-state index contributed by atoms with van der Waals surface area (Å²) in [6.07, 6.45) is 4.30. The van der Waals surface area contributed by atoms with Gasteiger partial charge < -0.3 is 14.5 Å². The SMILES string of the molecule is O=C(COC(=O)c1ccc(Br)o1)NC1CCCC1. The Morgan fingerprint density at radius 2 is 2.11 bits per heavy atom. The zero-order chi connectivity index (χ0) is 13.0. The minimum Gasteiger partial charge on any atom is -0.450 e. The van der Waals surface area contributed by atoms with Crippen molar-refractivity contribution >= 4 is 27.8 Å². The van der Waals surface area contributed by atoms with Gasteiger partial charge in [-0.1, -0.05) is 12.8 Å². The van der Waals surface area contributed by atoms with Crippen molar-refractivity contribution in [2.75, 3.05) is 6.61 Å². The maximum Gasteiger partial charge on any atom is 0.374 e. The molecule has 0 aliphatic heterocycles. The molecule has 1 aliphatic rings. The van der Waals surface area contributed by atoms with Gasteiger partial charge in [0.2, 0.25) is 5.76 Å². The van der Waals surface area contributed by atoms with E-state index in [1.165, 1.54) is 6.07 Å². The highest BCUT2D eigenvalue weighted by Gasteiger charge is 2.19. The monoisotopic (exact) mass is 315 g/mol. The average molecular weight is 316 g/mol. The molecular formula is C12H14BrNO4. The van der Waals surface area contributed by atoms with Gasteiger partial charge in [-0.25, -0.2) is 4.79 Å². The second-order valence-corrected chi connectivity index (χ2v) is 5.01. The summed E-state index contributed by atoms with van der Waals surface area (Å²) in [7, 11) is 0. The van der Waals surface area contributed by atoms with Crippen molar-refractivity contribution in [1.82, 2.24) is 5.32 Å². The molecule has 5 nitrogen and oxygen atoms in total. The van der Waals surface area contributed by atoms with Gasteiger partial charge in [-0.2, -0.15) is 0 Å². The molecule has 0 unspecified atom stereocenters. The van der Waals surface area contributed by atoms with Crippen molar-refractivity contribution in [3.8, 4) is 0 Å². The molecule has 0 radical (unpaired) electrons. The number of rotatable bonds is 4. The van der Waals surface area contributed by atoms with Gasteiger partial charge in [0.1, 0.15) is 0 Å². The molecule has 0 atom stereocenters. The third kappa shape index (κ3) is 3.60. The van der Waals surface area contributed by atoms with E-state index in [0.29, 0.717) is 4.67 Å². The highest BCUT2D eigenvalue weighted by molar-refractivity contribution is 9.10. The number of esters is 1. The van der Waals surface area contributed by atoms with Crippen LogP contribution in [0.3, 0.4) is 0 Å². The number of amides is 1. The molecule has 1 aliphatic carbocycles. The Morgan fingerprint density at radius 1 is 1.39 bits per heavy atom. The van der Waals surface area contributed by atoms with Crippen molar-refractivity contribution < 1.29 is 18.7 Å². The molecule has 1 aromatic rings. The molecule has 2 rings (SSSR count). The molecule has 1 fully saturated rings. The fourth-order valence-corrected chi connectivity index (χ4v) is 2.27. The second-order valence-electron chi connectivity index (χ2n) is 4.23. The Hall–Kier alpha value is -1.30. The molecule has 1 N–H and O–H groups in total. The highest BCUT2D eigenvalue weighted by atomic mass is 79.9. The van der Waals surface area contributed by atoms with Crippen LogP contribution in [0.5, 0.6) is 0 Å². The standard InChI is InChI=1S/C12H14BrNO4/c13-10-6-5-9(18-10)12(16)17-7-11(15)14-8-3-1-2-4-8/h5-6,8H,1-4,7H2,(H,14,15). The number of nitrogens with one attached hydrogen (secondary N) is 1. The number of hydrogen-bond acceptors (Lipinski definition) is 4. The summed E-state index contributed by atoms with van der Waals surface area (Å²) in [6, 6.07) is 3.31. The van der Waals surface area contributed by atoms with Crippen LogP contribution < -0.4 is 5.32 Å². The lowest BCUT2D eigenvalue weighted by Crippen LogP contribution is -2.35. The number of carbonyl (C=O) groups excluding carboxylic acids is 2. The number of furan rings is 1. The van der Waals surface area contributed by atoms with Crippen LogP contribution in [0.4, 0.5) is 0 Å². The Morgan fingerprint density at radius 3 is 2.72 bits per heavy atom. The van der Waals surface area contributed by atoms with Crippen LogP contribution in [-0.4, -0.2) is 24.5 Å². The van der Waals surface area contributed by atoms with Gasteiger partial charge in [0.05, 0.1) is 0 Å². The predicted molar refractivity (Wildman–Crippen MR) is 67.1 cm³/mol. The summed E-state index contributed by atoms with van der Waals surface area (Å²) in [6.45, 7) is -0.270. The number of carbonyl (C=O) groups is 2. The summed E-state index contributed by atoms with van der Waals surface area (Å²) in [5, 5.41) is 2.83. The van der Waals surface area contributed by atoms with Crippen LogP contribution >= 0.6 is 15.9 Å². The van der Waals surface area contributed by atoms with Gasteiger partial charge in [-0.15, -0.1) is 0 Å². The van der Waals surface area contributed by atoms with E-state index < -0.39 is 5.97 Å². The average Bonchev–Trinajstić information content (AvgIpc) is 2.97. The summed E-state index contributed by atoms with van der Waals surface area (Å²) < 4.78 is 10.3. The minimum atomic E-state index is -0.637. The molecule has 0 spiro atoms. The van der Waals surface area contributed by atoms with Crippen molar-refractivity contribution in [2.24, 2.45) is 0 Å². The summed E-state index contributed by atoms with van der Waals surface area (Å²) in [5.74, 6) is -0.821. The Kier molecular flexibility index (Phi) is 4.41. The first-order chi connectivity index (χ1) is 8.65. The van der Waals surface area contributed by atoms with Crippen LogP contribution in [0.2, 0.25) is 0 Å². The Balaban J connectivity index is 1.73. The van der Waals surface area contributed by atoms with Crippen LogP contribution in [-0.2, 0) is 9.53 Å². The molecule has 18 heavy (non-hydrogen) atoms.